The first kappa shape index (κ1) is 25.9. The van der Waals surface area contributed by atoms with E-state index < -0.39 is 5.60 Å². The quantitative estimate of drug-likeness (QED) is 0.448. The zero-order valence-corrected chi connectivity index (χ0v) is 18.3. The largest absolute Gasteiger partial charge is 0.508 e. The van der Waals surface area contributed by atoms with Crippen molar-refractivity contribution in [1.29, 1.82) is 0 Å². The van der Waals surface area contributed by atoms with Crippen LogP contribution in [0.25, 0.3) is 12.2 Å². The van der Waals surface area contributed by atoms with Gasteiger partial charge in [-0.25, -0.2) is 4.79 Å². The highest BCUT2D eigenvalue weighted by atomic mass is 16.6. The van der Waals surface area contributed by atoms with Crippen molar-refractivity contribution in [2.24, 2.45) is 0 Å². The summed E-state index contributed by atoms with van der Waals surface area (Å²) in [7, 11) is 0. The highest BCUT2D eigenvalue weighted by Crippen LogP contribution is 2.14. The molecule has 0 saturated carbocycles. The van der Waals surface area contributed by atoms with Gasteiger partial charge in [0, 0.05) is 6.08 Å². The summed E-state index contributed by atoms with van der Waals surface area (Å²) >= 11 is 0. The highest BCUT2D eigenvalue weighted by Gasteiger charge is 2.12. The molecule has 1 N–H and O–H groups in total. The SMILES string of the molecule is C=CC(=O)OC(C)(C)C.C=Cc1ccc(C(C)C)cc1.C=Cc1ccc(O)cc1. The molecule has 0 aliphatic heterocycles. The van der Waals surface area contributed by atoms with Crippen molar-refractivity contribution >= 4 is 18.1 Å². The van der Waals surface area contributed by atoms with Crippen molar-refractivity contribution in [2.45, 2.75) is 46.1 Å². The zero-order valence-electron chi connectivity index (χ0n) is 18.3. The number of phenolic OH excluding ortho intramolecular Hbond substituents is 1. The van der Waals surface area contributed by atoms with E-state index in [1.165, 1.54) is 11.1 Å². The number of aromatic hydroxyl groups is 1. The number of esters is 1. The molecule has 29 heavy (non-hydrogen) atoms. The van der Waals surface area contributed by atoms with Crippen molar-refractivity contribution < 1.29 is 14.6 Å². The van der Waals surface area contributed by atoms with Gasteiger partial charge in [0.05, 0.1) is 0 Å². The van der Waals surface area contributed by atoms with Gasteiger partial charge < -0.3 is 9.84 Å². The Kier molecular flexibility index (Phi) is 11.8. The Morgan fingerprint density at radius 2 is 1.31 bits per heavy atom. The second-order valence-electron chi connectivity index (χ2n) is 7.56. The van der Waals surface area contributed by atoms with Crippen LogP contribution in [0.5, 0.6) is 5.75 Å². The molecule has 2 aromatic rings. The summed E-state index contributed by atoms with van der Waals surface area (Å²) in [5, 5.41) is 8.82. The maximum Gasteiger partial charge on any atom is 0.330 e. The molecule has 3 nitrogen and oxygen atoms in total. The first-order chi connectivity index (χ1) is 13.5. The Morgan fingerprint density at radius 1 is 0.897 bits per heavy atom. The minimum absolute atomic E-state index is 0.292. The molecule has 0 aliphatic carbocycles. The molecule has 0 atom stereocenters. The fraction of sp³-hybridized carbons (Fsp3) is 0.269. The number of carbonyl (C=O) groups excluding carboxylic acids is 1. The van der Waals surface area contributed by atoms with Gasteiger partial charge in [-0.15, -0.1) is 0 Å². The number of rotatable bonds is 4. The standard InChI is InChI=1S/C11H14.C8H8O.C7H12O2/c1-4-10-5-7-11(8-6-10)9(2)3;1-2-7-3-5-8(9)6-4-7;1-5-6(8)9-7(2,3)4/h4-9H,1H2,2-3H3;2-6,9H,1H2;5H,1H2,2-4H3. The summed E-state index contributed by atoms with van der Waals surface area (Å²) in [6.45, 7) is 20.4. The van der Waals surface area contributed by atoms with E-state index in [1.54, 1.807) is 18.2 Å². The molecule has 0 saturated heterocycles. The van der Waals surface area contributed by atoms with Gasteiger partial charge in [-0.3, -0.25) is 0 Å². The predicted molar refractivity (Wildman–Crippen MR) is 125 cm³/mol. The summed E-state index contributed by atoms with van der Waals surface area (Å²) in [6.07, 6.45) is 4.76. The summed E-state index contributed by atoms with van der Waals surface area (Å²) in [4.78, 5) is 10.5. The second kappa shape index (κ2) is 13.2. The summed E-state index contributed by atoms with van der Waals surface area (Å²) in [5.74, 6) is 0.539. The molecule has 0 bridgehead atoms. The molecule has 0 aromatic heterocycles. The van der Waals surface area contributed by atoms with Gasteiger partial charge in [-0.1, -0.05) is 82.1 Å². The first-order valence-electron chi connectivity index (χ1n) is 9.51. The Morgan fingerprint density at radius 3 is 1.59 bits per heavy atom. The van der Waals surface area contributed by atoms with Gasteiger partial charge in [0.25, 0.3) is 0 Å². The van der Waals surface area contributed by atoms with Crippen molar-refractivity contribution in [2.75, 3.05) is 0 Å². The molecule has 0 aliphatic rings. The van der Waals surface area contributed by atoms with Crippen LogP contribution < -0.4 is 0 Å². The van der Waals surface area contributed by atoms with Gasteiger partial charge in [-0.05, 0) is 55.5 Å². The van der Waals surface area contributed by atoms with E-state index in [9.17, 15) is 4.79 Å². The minimum Gasteiger partial charge on any atom is -0.508 e. The summed E-state index contributed by atoms with van der Waals surface area (Å²) in [5.41, 5.74) is 3.20. The number of carbonyl (C=O) groups is 1. The Balaban J connectivity index is 0.000000409. The Labute approximate surface area is 176 Å². The normalized spacial score (nSPS) is 9.86. The molecule has 0 radical (unpaired) electrons. The van der Waals surface area contributed by atoms with Crippen LogP contribution in [0, 0.1) is 0 Å². The lowest BCUT2D eigenvalue weighted by Gasteiger charge is -2.17. The van der Waals surface area contributed by atoms with Gasteiger partial charge in [-0.2, -0.15) is 0 Å². The van der Waals surface area contributed by atoms with Crippen LogP contribution in [0.15, 0.2) is 74.3 Å². The van der Waals surface area contributed by atoms with Crippen LogP contribution in [-0.4, -0.2) is 16.7 Å². The van der Waals surface area contributed by atoms with E-state index >= 15 is 0 Å². The maximum atomic E-state index is 10.5. The molecule has 0 spiro atoms. The smallest absolute Gasteiger partial charge is 0.330 e. The lowest BCUT2D eigenvalue weighted by atomic mass is 10.0. The topological polar surface area (TPSA) is 46.5 Å². The summed E-state index contributed by atoms with van der Waals surface area (Å²) < 4.78 is 4.83. The first-order valence-corrected chi connectivity index (χ1v) is 9.51. The van der Waals surface area contributed by atoms with Gasteiger partial charge in [0.2, 0.25) is 0 Å². The molecule has 0 fully saturated rings. The monoisotopic (exact) mass is 394 g/mol. The third-order valence-electron chi connectivity index (χ3n) is 3.54. The third-order valence-corrected chi connectivity index (χ3v) is 3.54. The molecule has 2 aromatic carbocycles. The van der Waals surface area contributed by atoms with E-state index in [4.69, 9.17) is 9.84 Å². The Bertz CT molecular complexity index is 761. The van der Waals surface area contributed by atoms with E-state index in [1.807, 2.05) is 39.0 Å². The van der Waals surface area contributed by atoms with Crippen molar-refractivity contribution in [3.8, 4) is 5.75 Å². The van der Waals surface area contributed by atoms with Crippen LogP contribution in [-0.2, 0) is 9.53 Å². The zero-order chi connectivity index (χ0) is 22.4. The highest BCUT2D eigenvalue weighted by molar-refractivity contribution is 5.81. The van der Waals surface area contributed by atoms with Crippen LogP contribution in [0.4, 0.5) is 0 Å². The molecule has 3 heteroatoms. The maximum absolute atomic E-state index is 10.5. The number of benzene rings is 2. The number of hydrogen-bond donors (Lipinski definition) is 1. The predicted octanol–water partition coefficient (Wildman–Crippen LogP) is 7.00. The van der Waals surface area contributed by atoms with Crippen LogP contribution in [0.1, 0.15) is 57.2 Å². The molecule has 0 unspecified atom stereocenters. The second-order valence-corrected chi connectivity index (χ2v) is 7.56. The van der Waals surface area contributed by atoms with Crippen molar-refractivity contribution in [3.63, 3.8) is 0 Å². The Hall–Kier alpha value is -3.07. The van der Waals surface area contributed by atoms with E-state index in [2.05, 4.69) is 57.8 Å². The fourth-order valence-electron chi connectivity index (χ4n) is 1.97. The van der Waals surface area contributed by atoms with Crippen molar-refractivity contribution in [1.82, 2.24) is 0 Å². The van der Waals surface area contributed by atoms with Crippen molar-refractivity contribution in [3.05, 3.63) is 91.0 Å². The van der Waals surface area contributed by atoms with E-state index in [0.717, 1.165) is 11.6 Å². The lowest BCUT2D eigenvalue weighted by Crippen LogP contribution is -2.22. The minimum atomic E-state index is -0.398. The van der Waals surface area contributed by atoms with Crippen LogP contribution in [0.2, 0.25) is 0 Å². The third kappa shape index (κ3) is 12.9. The van der Waals surface area contributed by atoms with Gasteiger partial charge in [0.15, 0.2) is 0 Å². The fourth-order valence-corrected chi connectivity index (χ4v) is 1.97. The van der Waals surface area contributed by atoms with E-state index in [-0.39, 0.29) is 5.97 Å². The average Bonchev–Trinajstić information content (AvgIpc) is 2.68. The molecular formula is C26H34O3. The lowest BCUT2D eigenvalue weighted by molar-refractivity contribution is -0.148. The van der Waals surface area contributed by atoms with Crippen LogP contribution in [0.3, 0.4) is 0 Å². The van der Waals surface area contributed by atoms with Gasteiger partial charge in [0.1, 0.15) is 11.4 Å². The molecule has 156 valence electrons. The molecule has 0 amide bonds. The number of phenols is 1. The summed E-state index contributed by atoms with van der Waals surface area (Å²) in [6, 6.07) is 15.4. The average molecular weight is 395 g/mol. The number of ether oxygens (including phenoxy) is 1. The van der Waals surface area contributed by atoms with E-state index in [0.29, 0.717) is 11.7 Å². The van der Waals surface area contributed by atoms with Gasteiger partial charge >= 0.3 is 5.97 Å². The molecular weight excluding hydrogens is 360 g/mol. The molecule has 0 heterocycles. The molecule has 2 rings (SSSR count). The van der Waals surface area contributed by atoms with Crippen LogP contribution >= 0.6 is 0 Å². The number of hydrogen-bond acceptors (Lipinski definition) is 3.